The van der Waals surface area contributed by atoms with E-state index in [0.29, 0.717) is 29.6 Å². The number of nitrogens with one attached hydrogen (secondary N) is 1. The summed E-state index contributed by atoms with van der Waals surface area (Å²) in [4.78, 5) is 20.9. The van der Waals surface area contributed by atoms with E-state index in [1.54, 1.807) is 24.4 Å². The van der Waals surface area contributed by atoms with Gasteiger partial charge in [0.05, 0.1) is 23.6 Å². The summed E-state index contributed by atoms with van der Waals surface area (Å²) >= 11 is 6.70. The Balaban J connectivity index is 1.52. The molecule has 0 spiro atoms. The fraction of sp³-hybridized carbons (Fsp3) is 0.407. The maximum atomic E-state index is 16.5. The molecule has 13 heteroatoms. The van der Waals surface area contributed by atoms with Gasteiger partial charge in [-0.05, 0) is 32.5 Å². The molecule has 0 radical (unpaired) electrons. The van der Waals surface area contributed by atoms with E-state index in [1.807, 2.05) is 7.05 Å². The van der Waals surface area contributed by atoms with Crippen molar-refractivity contribution in [1.29, 1.82) is 0 Å². The number of aromatic nitrogens is 4. The summed E-state index contributed by atoms with van der Waals surface area (Å²) in [6.07, 6.45) is 3.54. The normalized spacial score (nSPS) is 19.8. The molecular weight excluding hydrogens is 545 g/mol. The molecule has 210 valence electrons. The van der Waals surface area contributed by atoms with Gasteiger partial charge in [0, 0.05) is 47.2 Å². The predicted molar refractivity (Wildman–Crippen MR) is 149 cm³/mol. The number of benzene rings is 2. The lowest BCUT2D eigenvalue weighted by Gasteiger charge is -2.26. The molecule has 4 aromatic rings. The number of anilines is 2. The van der Waals surface area contributed by atoms with Crippen LogP contribution in [0.4, 0.5) is 24.9 Å². The summed E-state index contributed by atoms with van der Waals surface area (Å²) in [7, 11) is 2.01. The fourth-order valence-corrected chi connectivity index (χ4v) is 5.72. The average molecular weight is 573 g/mol. The maximum absolute atomic E-state index is 16.5. The molecule has 6 rings (SSSR count). The summed E-state index contributed by atoms with van der Waals surface area (Å²) in [5, 5.41) is 3.66. The molecule has 0 amide bonds. The van der Waals surface area contributed by atoms with Crippen molar-refractivity contribution < 1.29 is 17.9 Å². The van der Waals surface area contributed by atoms with Crippen LogP contribution in [0.5, 0.6) is 6.01 Å². The Morgan fingerprint density at radius 2 is 2.05 bits per heavy atom. The maximum Gasteiger partial charge on any atom is 0.319 e. The van der Waals surface area contributed by atoms with E-state index in [2.05, 4.69) is 30.2 Å². The Kier molecular flexibility index (Phi) is 7.01. The van der Waals surface area contributed by atoms with Crippen LogP contribution < -0.4 is 20.7 Å². The SMILES string of the molecule is CN1CCC[C@H]1COc1nc(N2CCNCC(F)(F)C2)c2cc(Cl)c(-c3cccc4cnc(N)nc34)c(F)c2n1. The highest BCUT2D eigenvalue weighted by Gasteiger charge is 2.35. The van der Waals surface area contributed by atoms with Crippen LogP contribution in [0.15, 0.2) is 30.5 Å². The molecule has 0 unspecified atom stereocenters. The van der Waals surface area contributed by atoms with E-state index >= 15 is 4.39 Å². The van der Waals surface area contributed by atoms with Gasteiger partial charge in [-0.15, -0.1) is 0 Å². The van der Waals surface area contributed by atoms with E-state index in [0.717, 1.165) is 19.4 Å². The van der Waals surface area contributed by atoms with Crippen LogP contribution in [-0.2, 0) is 0 Å². The summed E-state index contributed by atoms with van der Waals surface area (Å²) < 4.78 is 51.7. The van der Waals surface area contributed by atoms with Crippen molar-refractivity contribution in [2.24, 2.45) is 0 Å². The smallest absolute Gasteiger partial charge is 0.319 e. The second-order valence-electron chi connectivity index (χ2n) is 10.3. The highest BCUT2D eigenvalue weighted by atomic mass is 35.5. The number of ether oxygens (including phenoxy) is 1. The molecule has 2 aromatic carbocycles. The van der Waals surface area contributed by atoms with E-state index in [9.17, 15) is 8.78 Å². The molecule has 0 aliphatic carbocycles. The minimum Gasteiger partial charge on any atom is -0.462 e. The monoisotopic (exact) mass is 572 g/mol. The first-order valence-electron chi connectivity index (χ1n) is 13.1. The lowest BCUT2D eigenvalue weighted by Crippen LogP contribution is -2.39. The van der Waals surface area contributed by atoms with Crippen molar-refractivity contribution in [3.05, 3.63) is 41.3 Å². The number of alkyl halides is 2. The van der Waals surface area contributed by atoms with E-state index in [4.69, 9.17) is 22.1 Å². The highest BCUT2D eigenvalue weighted by Crippen LogP contribution is 2.41. The zero-order valence-corrected chi connectivity index (χ0v) is 22.6. The van der Waals surface area contributed by atoms with Crippen LogP contribution in [0, 0.1) is 5.82 Å². The van der Waals surface area contributed by atoms with Gasteiger partial charge in [0.15, 0.2) is 5.82 Å². The largest absolute Gasteiger partial charge is 0.462 e. The number of likely N-dealkylation sites (N-methyl/N-ethyl adjacent to an activating group) is 1. The first-order chi connectivity index (χ1) is 19.2. The number of likely N-dealkylation sites (tertiary alicyclic amines) is 1. The van der Waals surface area contributed by atoms with Crippen molar-refractivity contribution in [3.8, 4) is 17.1 Å². The Labute approximate surface area is 233 Å². The summed E-state index contributed by atoms with van der Waals surface area (Å²) in [6, 6.07) is 6.79. The number of halogens is 4. The number of para-hydroxylation sites is 1. The van der Waals surface area contributed by atoms with E-state index in [1.165, 1.54) is 11.0 Å². The van der Waals surface area contributed by atoms with Crippen molar-refractivity contribution >= 4 is 45.2 Å². The second kappa shape index (κ2) is 10.5. The molecule has 9 nitrogen and oxygen atoms in total. The first-order valence-corrected chi connectivity index (χ1v) is 13.5. The van der Waals surface area contributed by atoms with Crippen molar-refractivity contribution in [2.75, 3.05) is 57.0 Å². The van der Waals surface area contributed by atoms with Gasteiger partial charge in [-0.1, -0.05) is 29.8 Å². The molecule has 0 bridgehead atoms. The standard InChI is InChI=1S/C27H28ClF3N8O/c1-38-8-3-5-16(38)12-40-26-36-23-18(24(37-26)39-9-7-33-13-27(30,31)14-39)10-19(28)20(21(23)29)17-6-2-4-15-11-34-25(32)35-22(15)17/h2,4,6,10-11,16,33H,3,5,7-9,12-14H2,1H3,(H2,32,34,35)/t16-/m0/s1. The van der Waals surface area contributed by atoms with E-state index in [-0.39, 0.29) is 51.9 Å². The van der Waals surface area contributed by atoms with Gasteiger partial charge in [0.25, 0.3) is 5.92 Å². The molecule has 2 aliphatic heterocycles. The zero-order valence-electron chi connectivity index (χ0n) is 21.8. The highest BCUT2D eigenvalue weighted by molar-refractivity contribution is 6.35. The molecule has 40 heavy (non-hydrogen) atoms. The predicted octanol–water partition coefficient (Wildman–Crippen LogP) is 4.13. The van der Waals surface area contributed by atoms with Gasteiger partial charge in [0.2, 0.25) is 5.95 Å². The number of nitrogens with zero attached hydrogens (tertiary/aromatic N) is 6. The van der Waals surface area contributed by atoms with Crippen molar-refractivity contribution in [2.45, 2.75) is 24.8 Å². The number of rotatable bonds is 5. The Morgan fingerprint density at radius 1 is 1.20 bits per heavy atom. The molecule has 2 aliphatic rings. The molecular formula is C27H28ClF3N8O. The van der Waals surface area contributed by atoms with Gasteiger partial charge in [-0.3, -0.25) is 0 Å². The van der Waals surface area contributed by atoms with Crippen LogP contribution in [0.25, 0.3) is 32.9 Å². The van der Waals surface area contributed by atoms with Gasteiger partial charge in [0.1, 0.15) is 17.9 Å². The van der Waals surface area contributed by atoms with Crippen LogP contribution in [0.2, 0.25) is 5.02 Å². The minimum atomic E-state index is -3.02. The van der Waals surface area contributed by atoms with Gasteiger partial charge in [-0.2, -0.15) is 9.97 Å². The summed E-state index contributed by atoms with van der Waals surface area (Å²) in [5.74, 6) is -3.59. The number of nitrogens with two attached hydrogens (primary N) is 1. The Hall–Kier alpha value is -3.48. The van der Waals surface area contributed by atoms with E-state index < -0.39 is 24.8 Å². The average Bonchev–Trinajstić information content (AvgIpc) is 3.24. The van der Waals surface area contributed by atoms with Gasteiger partial charge < -0.3 is 25.6 Å². The number of nitrogen functional groups attached to an aromatic ring is 1. The number of hydrogen-bond acceptors (Lipinski definition) is 9. The molecule has 0 saturated carbocycles. The van der Waals surface area contributed by atoms with Gasteiger partial charge >= 0.3 is 6.01 Å². The van der Waals surface area contributed by atoms with Crippen LogP contribution in [-0.4, -0.2) is 83.2 Å². The quantitative estimate of drug-likeness (QED) is 0.365. The first kappa shape index (κ1) is 26.7. The molecule has 4 heterocycles. The molecule has 1 atom stereocenters. The topological polar surface area (TPSA) is 105 Å². The van der Waals surface area contributed by atoms with Crippen molar-refractivity contribution in [3.63, 3.8) is 0 Å². The lowest BCUT2D eigenvalue weighted by molar-refractivity contribution is 0.0156. The molecule has 2 saturated heterocycles. The van der Waals surface area contributed by atoms with Crippen molar-refractivity contribution in [1.82, 2.24) is 30.2 Å². The van der Waals surface area contributed by atoms with Crippen LogP contribution in [0.1, 0.15) is 12.8 Å². The second-order valence-corrected chi connectivity index (χ2v) is 10.7. The third-order valence-electron chi connectivity index (χ3n) is 7.48. The lowest BCUT2D eigenvalue weighted by atomic mass is 10.00. The summed E-state index contributed by atoms with van der Waals surface area (Å²) in [5.41, 5.74) is 6.62. The van der Waals surface area contributed by atoms with Crippen LogP contribution >= 0.6 is 11.6 Å². The Morgan fingerprint density at radius 3 is 2.85 bits per heavy atom. The van der Waals surface area contributed by atoms with Gasteiger partial charge in [-0.25, -0.2) is 23.1 Å². The summed E-state index contributed by atoms with van der Waals surface area (Å²) in [6.45, 7) is 0.708. The molecule has 2 fully saturated rings. The Bertz CT molecular complexity index is 1590. The fourth-order valence-electron chi connectivity index (χ4n) is 5.42. The van der Waals surface area contributed by atoms with Crippen LogP contribution in [0.3, 0.4) is 0 Å². The minimum absolute atomic E-state index is 0.0325. The third kappa shape index (κ3) is 5.06. The molecule has 3 N–H and O–H groups in total. The number of hydrogen-bond donors (Lipinski definition) is 2. The third-order valence-corrected chi connectivity index (χ3v) is 7.78. The number of fused-ring (bicyclic) bond motifs is 2. The zero-order chi connectivity index (χ0) is 28.0. The molecule has 2 aromatic heterocycles.